The molecular weight excluding hydrogens is 240 g/mol. The van der Waals surface area contributed by atoms with Gasteiger partial charge in [0.15, 0.2) is 9.84 Å². The lowest BCUT2D eigenvalue weighted by Crippen LogP contribution is -2.26. The Morgan fingerprint density at radius 3 is 2.71 bits per heavy atom. The van der Waals surface area contributed by atoms with Gasteiger partial charge in [-0.25, -0.2) is 13.4 Å². The maximum atomic E-state index is 11.5. The maximum absolute atomic E-state index is 11.5. The van der Waals surface area contributed by atoms with Gasteiger partial charge in [0, 0.05) is 12.3 Å². The van der Waals surface area contributed by atoms with Crippen molar-refractivity contribution in [2.75, 3.05) is 18.1 Å². The number of hydrogen-bond acceptors (Lipinski definition) is 5. The third kappa shape index (κ3) is 4.87. The Kier molecular flexibility index (Phi) is 5.14. The van der Waals surface area contributed by atoms with Gasteiger partial charge in [-0.05, 0) is 20.3 Å². The van der Waals surface area contributed by atoms with Crippen LogP contribution in [0.15, 0.2) is 10.6 Å². The molecule has 0 radical (unpaired) electrons. The van der Waals surface area contributed by atoms with E-state index in [1.54, 1.807) is 6.20 Å². The fourth-order valence-corrected chi connectivity index (χ4v) is 2.76. The zero-order valence-corrected chi connectivity index (χ0v) is 11.4. The molecule has 98 valence electrons. The van der Waals surface area contributed by atoms with Crippen molar-refractivity contribution in [2.45, 2.75) is 33.2 Å². The van der Waals surface area contributed by atoms with E-state index in [-0.39, 0.29) is 17.5 Å². The van der Waals surface area contributed by atoms with Crippen molar-refractivity contribution < 1.29 is 12.8 Å². The minimum Gasteiger partial charge on any atom is -0.444 e. The standard InChI is InChI=1S/C11H20N2O3S/c1-4-6-17(14,15)7-5-12-10(3)11-13-8-9(2)16-11/h8,10,12H,4-7H2,1-3H3. The van der Waals surface area contributed by atoms with Gasteiger partial charge in [0.2, 0.25) is 5.89 Å². The minimum atomic E-state index is -2.92. The highest BCUT2D eigenvalue weighted by molar-refractivity contribution is 7.91. The SMILES string of the molecule is CCCS(=O)(=O)CCNC(C)c1ncc(C)o1. The van der Waals surface area contributed by atoms with Crippen molar-refractivity contribution in [3.63, 3.8) is 0 Å². The highest BCUT2D eigenvalue weighted by Gasteiger charge is 2.13. The van der Waals surface area contributed by atoms with Crippen LogP contribution in [0.4, 0.5) is 0 Å². The van der Waals surface area contributed by atoms with Gasteiger partial charge in [-0.1, -0.05) is 6.92 Å². The Labute approximate surface area is 103 Å². The second-order valence-corrected chi connectivity index (χ2v) is 6.44. The summed E-state index contributed by atoms with van der Waals surface area (Å²) in [6, 6.07) is -0.0690. The third-order valence-electron chi connectivity index (χ3n) is 2.39. The second kappa shape index (κ2) is 6.16. The molecule has 5 nitrogen and oxygen atoms in total. The first kappa shape index (κ1) is 14.2. The van der Waals surface area contributed by atoms with Crippen molar-refractivity contribution in [3.8, 4) is 0 Å². The Hall–Kier alpha value is -0.880. The first-order valence-electron chi connectivity index (χ1n) is 5.80. The molecular formula is C11H20N2O3S. The molecule has 1 aromatic heterocycles. The quantitative estimate of drug-likeness (QED) is 0.803. The summed E-state index contributed by atoms with van der Waals surface area (Å²) >= 11 is 0. The Balaban J connectivity index is 2.37. The lowest BCUT2D eigenvalue weighted by molar-refractivity contribution is 0.408. The smallest absolute Gasteiger partial charge is 0.211 e. The number of oxazole rings is 1. The van der Waals surface area contributed by atoms with Gasteiger partial charge in [0.25, 0.3) is 0 Å². The molecule has 0 spiro atoms. The van der Waals surface area contributed by atoms with E-state index in [4.69, 9.17) is 4.42 Å². The third-order valence-corrected chi connectivity index (χ3v) is 4.24. The van der Waals surface area contributed by atoms with Crippen LogP contribution in [0.5, 0.6) is 0 Å². The molecule has 0 amide bonds. The number of hydrogen-bond donors (Lipinski definition) is 1. The van der Waals surface area contributed by atoms with E-state index >= 15 is 0 Å². The molecule has 1 N–H and O–H groups in total. The van der Waals surface area contributed by atoms with E-state index in [1.165, 1.54) is 0 Å². The molecule has 0 saturated carbocycles. The average molecular weight is 260 g/mol. The van der Waals surface area contributed by atoms with E-state index in [2.05, 4.69) is 10.3 Å². The lowest BCUT2D eigenvalue weighted by atomic mass is 10.3. The monoisotopic (exact) mass is 260 g/mol. The molecule has 1 unspecified atom stereocenters. The maximum Gasteiger partial charge on any atom is 0.211 e. The summed E-state index contributed by atoms with van der Waals surface area (Å²) in [5.74, 6) is 1.76. The van der Waals surface area contributed by atoms with Crippen LogP contribution in [0.1, 0.15) is 38.0 Å². The van der Waals surface area contributed by atoms with Crippen LogP contribution in [-0.4, -0.2) is 31.5 Å². The average Bonchev–Trinajstić information content (AvgIpc) is 2.64. The van der Waals surface area contributed by atoms with Crippen LogP contribution in [0.3, 0.4) is 0 Å². The van der Waals surface area contributed by atoms with Crippen molar-refractivity contribution in [1.82, 2.24) is 10.3 Å². The first-order chi connectivity index (χ1) is 7.94. The van der Waals surface area contributed by atoms with Gasteiger partial charge in [-0.15, -0.1) is 0 Å². The van der Waals surface area contributed by atoms with E-state index in [1.807, 2.05) is 20.8 Å². The van der Waals surface area contributed by atoms with Crippen LogP contribution in [0.25, 0.3) is 0 Å². The molecule has 0 bridgehead atoms. The van der Waals surface area contributed by atoms with Crippen LogP contribution in [0, 0.1) is 6.92 Å². The topological polar surface area (TPSA) is 72.2 Å². The molecule has 6 heteroatoms. The number of aryl methyl sites for hydroxylation is 1. The fraction of sp³-hybridized carbons (Fsp3) is 0.727. The lowest BCUT2D eigenvalue weighted by Gasteiger charge is -2.10. The predicted molar refractivity (Wildman–Crippen MR) is 66.6 cm³/mol. The molecule has 1 heterocycles. The normalized spacial score (nSPS) is 13.8. The molecule has 1 atom stereocenters. The van der Waals surface area contributed by atoms with Gasteiger partial charge < -0.3 is 9.73 Å². The number of sulfone groups is 1. The van der Waals surface area contributed by atoms with E-state index in [0.717, 1.165) is 5.76 Å². The van der Waals surface area contributed by atoms with Crippen LogP contribution in [-0.2, 0) is 9.84 Å². The first-order valence-corrected chi connectivity index (χ1v) is 7.63. The van der Waals surface area contributed by atoms with Crippen LogP contribution < -0.4 is 5.32 Å². The highest BCUT2D eigenvalue weighted by atomic mass is 32.2. The summed E-state index contributed by atoms with van der Waals surface area (Å²) in [5.41, 5.74) is 0. The van der Waals surface area contributed by atoms with Gasteiger partial charge in [0.1, 0.15) is 5.76 Å². The molecule has 0 aliphatic rings. The number of rotatable bonds is 7. The van der Waals surface area contributed by atoms with Crippen molar-refractivity contribution in [3.05, 3.63) is 17.8 Å². The van der Waals surface area contributed by atoms with Gasteiger partial charge in [0.05, 0.1) is 18.0 Å². The van der Waals surface area contributed by atoms with Crippen LogP contribution in [0.2, 0.25) is 0 Å². The molecule has 0 aliphatic heterocycles. The van der Waals surface area contributed by atoms with E-state index in [9.17, 15) is 8.42 Å². The van der Waals surface area contributed by atoms with Crippen molar-refractivity contribution in [2.24, 2.45) is 0 Å². The summed E-state index contributed by atoms with van der Waals surface area (Å²) in [7, 11) is -2.92. The highest BCUT2D eigenvalue weighted by Crippen LogP contribution is 2.11. The van der Waals surface area contributed by atoms with Gasteiger partial charge in [-0.2, -0.15) is 0 Å². The van der Waals surface area contributed by atoms with E-state index < -0.39 is 9.84 Å². The predicted octanol–water partition coefficient (Wildman–Crippen LogP) is 1.46. The summed E-state index contributed by atoms with van der Waals surface area (Å²) in [6.07, 6.45) is 2.32. The zero-order valence-electron chi connectivity index (χ0n) is 10.6. The number of aromatic nitrogens is 1. The molecule has 1 rings (SSSR count). The fourth-order valence-electron chi connectivity index (χ4n) is 1.50. The summed E-state index contributed by atoms with van der Waals surface area (Å²) in [5, 5.41) is 3.09. The Morgan fingerprint density at radius 2 is 2.18 bits per heavy atom. The van der Waals surface area contributed by atoms with Crippen molar-refractivity contribution >= 4 is 9.84 Å². The number of nitrogens with zero attached hydrogens (tertiary/aromatic N) is 1. The Bertz CT molecular complexity index is 439. The summed E-state index contributed by atoms with van der Waals surface area (Å²) in [6.45, 7) is 6.01. The molecule has 0 saturated heterocycles. The molecule has 0 fully saturated rings. The molecule has 0 aliphatic carbocycles. The van der Waals surface area contributed by atoms with Crippen LogP contribution >= 0.6 is 0 Å². The van der Waals surface area contributed by atoms with Crippen molar-refractivity contribution in [1.29, 1.82) is 0 Å². The molecule has 1 aromatic rings. The minimum absolute atomic E-state index is 0.0690. The van der Waals surface area contributed by atoms with Gasteiger partial charge in [-0.3, -0.25) is 0 Å². The summed E-state index contributed by atoms with van der Waals surface area (Å²) < 4.78 is 28.3. The zero-order chi connectivity index (χ0) is 12.9. The number of nitrogens with one attached hydrogen (secondary N) is 1. The van der Waals surface area contributed by atoms with Gasteiger partial charge >= 0.3 is 0 Å². The largest absolute Gasteiger partial charge is 0.444 e. The Morgan fingerprint density at radius 1 is 1.47 bits per heavy atom. The molecule has 17 heavy (non-hydrogen) atoms. The van der Waals surface area contributed by atoms with E-state index in [0.29, 0.717) is 18.9 Å². The molecule has 0 aromatic carbocycles. The summed E-state index contributed by atoms with van der Waals surface area (Å²) in [4.78, 5) is 4.09. The second-order valence-electron chi connectivity index (χ2n) is 4.14.